The fourth-order valence-electron chi connectivity index (χ4n) is 2.71. The van der Waals surface area contributed by atoms with Gasteiger partial charge >= 0.3 is 0 Å². The van der Waals surface area contributed by atoms with Crippen molar-refractivity contribution in [1.82, 2.24) is 5.32 Å². The maximum atomic E-state index is 6.18. The Labute approximate surface area is 119 Å². The molecular weight excluding hydrogens is 258 g/mol. The van der Waals surface area contributed by atoms with Gasteiger partial charge in [-0.15, -0.1) is 0 Å². The molecule has 1 N–H and O–H groups in total. The molecule has 2 fully saturated rings. The number of piperidine rings is 1. The van der Waals surface area contributed by atoms with Crippen LogP contribution in [0.1, 0.15) is 24.3 Å². The van der Waals surface area contributed by atoms with Crippen molar-refractivity contribution in [3.05, 3.63) is 23.8 Å². The molecule has 1 aromatic rings. The summed E-state index contributed by atoms with van der Waals surface area (Å²) in [5.41, 5.74) is 1.31. The molecule has 0 aliphatic carbocycles. The van der Waals surface area contributed by atoms with Crippen LogP contribution in [-0.4, -0.2) is 37.8 Å². The molecule has 1 aromatic carbocycles. The van der Waals surface area contributed by atoms with Crippen molar-refractivity contribution in [2.75, 3.05) is 31.7 Å². The van der Waals surface area contributed by atoms with E-state index in [1.54, 1.807) is 7.11 Å². The Morgan fingerprint density at radius 2 is 2.21 bits per heavy atom. The van der Waals surface area contributed by atoms with Crippen molar-refractivity contribution < 1.29 is 9.47 Å². The van der Waals surface area contributed by atoms with E-state index in [1.807, 2.05) is 17.8 Å². The van der Waals surface area contributed by atoms with Crippen LogP contribution in [0.5, 0.6) is 11.5 Å². The molecule has 4 heteroatoms. The van der Waals surface area contributed by atoms with Gasteiger partial charge in [0.2, 0.25) is 0 Å². The van der Waals surface area contributed by atoms with E-state index in [9.17, 15) is 0 Å². The fraction of sp³-hybridized carbons (Fsp3) is 0.600. The number of para-hydroxylation sites is 1. The van der Waals surface area contributed by atoms with Crippen LogP contribution >= 0.6 is 11.8 Å². The van der Waals surface area contributed by atoms with Crippen LogP contribution in [0.3, 0.4) is 0 Å². The zero-order chi connectivity index (χ0) is 13.1. The van der Waals surface area contributed by atoms with E-state index in [-0.39, 0.29) is 0 Å². The van der Waals surface area contributed by atoms with Gasteiger partial charge in [0.15, 0.2) is 11.5 Å². The van der Waals surface area contributed by atoms with Crippen LogP contribution in [0.25, 0.3) is 0 Å². The van der Waals surface area contributed by atoms with Gasteiger partial charge in [-0.1, -0.05) is 12.1 Å². The summed E-state index contributed by atoms with van der Waals surface area (Å²) >= 11 is 1.94. The molecule has 0 bridgehead atoms. The van der Waals surface area contributed by atoms with Crippen LogP contribution in [0.15, 0.2) is 18.2 Å². The average Bonchev–Trinajstić information content (AvgIpc) is 2.43. The van der Waals surface area contributed by atoms with Gasteiger partial charge in [0.1, 0.15) is 6.10 Å². The Kier molecular flexibility index (Phi) is 4.18. The molecule has 3 rings (SSSR count). The summed E-state index contributed by atoms with van der Waals surface area (Å²) in [5.74, 6) is 4.59. The van der Waals surface area contributed by atoms with E-state index in [1.165, 1.54) is 18.4 Å². The van der Waals surface area contributed by atoms with Crippen molar-refractivity contribution in [3.63, 3.8) is 0 Å². The van der Waals surface area contributed by atoms with Crippen LogP contribution in [0.4, 0.5) is 0 Å². The third-order valence-corrected chi connectivity index (χ3v) is 5.07. The molecule has 3 nitrogen and oxygen atoms in total. The van der Waals surface area contributed by atoms with E-state index < -0.39 is 0 Å². The summed E-state index contributed by atoms with van der Waals surface area (Å²) in [6.45, 7) is 2.18. The lowest BCUT2D eigenvalue weighted by Crippen LogP contribution is -2.33. The Hall–Kier alpha value is -0.870. The van der Waals surface area contributed by atoms with Gasteiger partial charge in [0.05, 0.1) is 7.11 Å². The maximum absolute atomic E-state index is 6.18. The number of ether oxygens (including phenoxy) is 2. The zero-order valence-electron chi connectivity index (χ0n) is 11.4. The van der Waals surface area contributed by atoms with Gasteiger partial charge in [-0.2, -0.15) is 11.8 Å². The summed E-state index contributed by atoms with van der Waals surface area (Å²) < 4.78 is 11.7. The highest BCUT2D eigenvalue weighted by Gasteiger charge is 2.26. The first kappa shape index (κ1) is 13.1. The standard InChI is InChI=1S/C15H21NO2S/c1-17-14-6-2-5-13(11-4-3-7-16-8-11)15(14)18-12-9-19-10-12/h2,5-6,11-12,16H,3-4,7-10H2,1H3. The van der Waals surface area contributed by atoms with Crippen LogP contribution in [0, 0.1) is 0 Å². The van der Waals surface area contributed by atoms with Crippen molar-refractivity contribution in [3.8, 4) is 11.5 Å². The van der Waals surface area contributed by atoms with Gasteiger partial charge in [0.25, 0.3) is 0 Å². The molecule has 0 aromatic heterocycles. The SMILES string of the molecule is COc1cccc(C2CCCNC2)c1OC1CSC1. The topological polar surface area (TPSA) is 30.5 Å². The summed E-state index contributed by atoms with van der Waals surface area (Å²) in [4.78, 5) is 0. The number of hydrogen-bond donors (Lipinski definition) is 1. The Morgan fingerprint density at radius 3 is 2.84 bits per heavy atom. The number of thioether (sulfide) groups is 1. The highest BCUT2D eigenvalue weighted by molar-refractivity contribution is 8.00. The predicted octanol–water partition coefficient (Wildman–Crippen LogP) is 2.66. The van der Waals surface area contributed by atoms with Crippen LogP contribution < -0.4 is 14.8 Å². The van der Waals surface area contributed by atoms with E-state index >= 15 is 0 Å². The number of methoxy groups -OCH3 is 1. The fourth-order valence-corrected chi connectivity index (χ4v) is 3.27. The largest absolute Gasteiger partial charge is 0.493 e. The highest BCUT2D eigenvalue weighted by atomic mass is 32.2. The molecular formula is C15H21NO2S. The van der Waals surface area contributed by atoms with Crippen LogP contribution in [-0.2, 0) is 0 Å². The zero-order valence-corrected chi connectivity index (χ0v) is 12.2. The first-order chi connectivity index (χ1) is 9.38. The van der Waals surface area contributed by atoms with E-state index in [2.05, 4.69) is 17.4 Å². The lowest BCUT2D eigenvalue weighted by molar-refractivity contribution is 0.223. The minimum absolute atomic E-state index is 0.358. The van der Waals surface area contributed by atoms with Crippen LogP contribution in [0.2, 0.25) is 0 Å². The van der Waals surface area contributed by atoms with Gasteiger partial charge in [-0.25, -0.2) is 0 Å². The van der Waals surface area contributed by atoms with Crippen molar-refractivity contribution >= 4 is 11.8 Å². The van der Waals surface area contributed by atoms with Crippen molar-refractivity contribution in [2.24, 2.45) is 0 Å². The number of nitrogens with one attached hydrogen (secondary N) is 1. The van der Waals surface area contributed by atoms with Gasteiger partial charge in [-0.05, 0) is 25.5 Å². The quantitative estimate of drug-likeness (QED) is 0.918. The molecule has 2 aliphatic heterocycles. The third kappa shape index (κ3) is 2.84. The second-order valence-corrected chi connectivity index (χ2v) is 6.27. The predicted molar refractivity (Wildman–Crippen MR) is 79.6 cm³/mol. The summed E-state index contributed by atoms with van der Waals surface area (Å²) in [7, 11) is 1.72. The lowest BCUT2D eigenvalue weighted by Gasteiger charge is -2.30. The molecule has 1 atom stereocenters. The monoisotopic (exact) mass is 279 g/mol. The number of benzene rings is 1. The molecule has 2 heterocycles. The van der Waals surface area contributed by atoms with Gasteiger partial charge < -0.3 is 14.8 Å². The first-order valence-electron chi connectivity index (χ1n) is 7.00. The molecule has 0 spiro atoms. The van der Waals surface area contributed by atoms with Gasteiger partial charge in [0, 0.05) is 29.5 Å². The Balaban J connectivity index is 1.87. The molecule has 0 radical (unpaired) electrons. The molecule has 104 valence electrons. The average molecular weight is 279 g/mol. The van der Waals surface area contributed by atoms with Crippen molar-refractivity contribution in [2.45, 2.75) is 24.9 Å². The molecule has 0 amide bonds. The molecule has 2 aliphatic rings. The summed E-state index contributed by atoms with van der Waals surface area (Å²) in [5, 5.41) is 3.48. The molecule has 0 saturated carbocycles. The van der Waals surface area contributed by atoms with Crippen molar-refractivity contribution in [1.29, 1.82) is 0 Å². The van der Waals surface area contributed by atoms with Gasteiger partial charge in [-0.3, -0.25) is 0 Å². The molecule has 19 heavy (non-hydrogen) atoms. The third-order valence-electron chi connectivity index (χ3n) is 3.86. The summed E-state index contributed by atoms with van der Waals surface area (Å²) in [6, 6.07) is 6.27. The Bertz CT molecular complexity index is 428. The van der Waals surface area contributed by atoms with E-state index in [0.717, 1.165) is 36.1 Å². The molecule has 1 unspecified atom stereocenters. The lowest BCUT2D eigenvalue weighted by atomic mass is 9.90. The minimum Gasteiger partial charge on any atom is -0.493 e. The highest BCUT2D eigenvalue weighted by Crippen LogP contribution is 2.40. The second-order valence-electron chi connectivity index (χ2n) is 5.20. The van der Waals surface area contributed by atoms with E-state index in [4.69, 9.17) is 9.47 Å². The Morgan fingerprint density at radius 1 is 1.32 bits per heavy atom. The summed E-state index contributed by atoms with van der Waals surface area (Å²) in [6.07, 6.45) is 2.83. The maximum Gasteiger partial charge on any atom is 0.165 e. The second kappa shape index (κ2) is 6.06. The smallest absolute Gasteiger partial charge is 0.165 e. The first-order valence-corrected chi connectivity index (χ1v) is 8.16. The van der Waals surface area contributed by atoms with E-state index in [0.29, 0.717) is 12.0 Å². The molecule has 2 saturated heterocycles. The number of hydrogen-bond acceptors (Lipinski definition) is 4. The minimum atomic E-state index is 0.358. The normalized spacial score (nSPS) is 23.7. The number of rotatable bonds is 4.